The largest absolute Gasteiger partial charge is 0.451 e. The Balaban J connectivity index is 1.79. The fraction of sp³-hybridized carbons (Fsp3) is 0.0625. The van der Waals surface area contributed by atoms with Crippen molar-refractivity contribution in [2.45, 2.75) is 6.92 Å². The van der Waals surface area contributed by atoms with Crippen LogP contribution < -0.4 is 5.43 Å². The standard InChI is InChI=1S/C16H11IN2O3S2/c1-9-4-2-3-5-11(9)14(20)18-19-15(21)12(24-16(19)23)8-10-6-7-13(17)22-10/h2-8H,1H3,(H,18,20)/b12-8-. The van der Waals surface area contributed by atoms with Crippen LogP contribution in [0.15, 0.2) is 45.7 Å². The predicted octanol–water partition coefficient (Wildman–Crippen LogP) is 3.74. The average Bonchev–Trinajstić information content (AvgIpc) is 3.06. The number of nitrogens with zero attached hydrogens (tertiary/aromatic N) is 1. The number of thioether (sulfide) groups is 1. The van der Waals surface area contributed by atoms with E-state index in [0.717, 1.165) is 26.1 Å². The molecule has 1 saturated heterocycles. The number of carbonyl (C=O) groups is 2. The predicted molar refractivity (Wildman–Crippen MR) is 105 cm³/mol. The molecule has 1 N–H and O–H groups in total. The number of benzene rings is 1. The molecular weight excluding hydrogens is 459 g/mol. The molecule has 0 unspecified atom stereocenters. The Morgan fingerprint density at radius 2 is 2.08 bits per heavy atom. The third-order valence-corrected chi connectivity index (χ3v) is 5.15. The molecule has 0 aliphatic carbocycles. The van der Waals surface area contributed by atoms with Crippen molar-refractivity contribution in [1.82, 2.24) is 10.4 Å². The summed E-state index contributed by atoms with van der Waals surface area (Å²) in [6.45, 7) is 1.83. The van der Waals surface area contributed by atoms with Crippen LogP contribution in [0.25, 0.3) is 6.08 Å². The number of halogens is 1. The summed E-state index contributed by atoms with van der Waals surface area (Å²) in [6, 6.07) is 10.7. The molecule has 1 aliphatic rings. The number of rotatable bonds is 3. The van der Waals surface area contributed by atoms with Crippen molar-refractivity contribution >= 4 is 68.8 Å². The normalized spacial score (nSPS) is 16.1. The molecular formula is C16H11IN2O3S2. The van der Waals surface area contributed by atoms with Crippen LogP contribution in [0.5, 0.6) is 0 Å². The number of aryl methyl sites for hydroxylation is 1. The van der Waals surface area contributed by atoms with Gasteiger partial charge in [-0.3, -0.25) is 15.0 Å². The van der Waals surface area contributed by atoms with E-state index in [-0.39, 0.29) is 16.1 Å². The molecule has 1 aromatic carbocycles. The highest BCUT2D eigenvalue weighted by molar-refractivity contribution is 14.1. The number of thiocarbonyl (C=S) groups is 1. The molecule has 122 valence electrons. The maximum atomic E-state index is 12.5. The highest BCUT2D eigenvalue weighted by Gasteiger charge is 2.34. The van der Waals surface area contributed by atoms with Crippen molar-refractivity contribution in [3.8, 4) is 0 Å². The molecule has 0 radical (unpaired) electrons. The zero-order valence-electron chi connectivity index (χ0n) is 12.4. The first-order chi connectivity index (χ1) is 11.5. The summed E-state index contributed by atoms with van der Waals surface area (Å²) in [4.78, 5) is 25.2. The number of furan rings is 1. The van der Waals surface area contributed by atoms with Crippen molar-refractivity contribution in [3.63, 3.8) is 0 Å². The minimum atomic E-state index is -0.377. The summed E-state index contributed by atoms with van der Waals surface area (Å²) >= 11 is 8.36. The summed E-state index contributed by atoms with van der Waals surface area (Å²) < 4.78 is 6.42. The lowest BCUT2D eigenvalue weighted by atomic mass is 10.1. The Morgan fingerprint density at radius 1 is 1.33 bits per heavy atom. The maximum Gasteiger partial charge on any atom is 0.285 e. The number of hydrazine groups is 1. The van der Waals surface area contributed by atoms with Gasteiger partial charge in [-0.1, -0.05) is 30.0 Å². The molecule has 1 aliphatic heterocycles. The number of hydrogen-bond acceptors (Lipinski definition) is 5. The van der Waals surface area contributed by atoms with E-state index in [0.29, 0.717) is 16.2 Å². The summed E-state index contributed by atoms with van der Waals surface area (Å²) in [5.74, 6) is -0.193. The van der Waals surface area contributed by atoms with Crippen molar-refractivity contribution in [3.05, 3.63) is 62.0 Å². The SMILES string of the molecule is Cc1ccccc1C(=O)NN1C(=O)/C(=C/c2ccc(I)o2)SC1=S. The zero-order chi connectivity index (χ0) is 17.3. The molecule has 2 amide bonds. The lowest BCUT2D eigenvalue weighted by Gasteiger charge is -2.16. The van der Waals surface area contributed by atoms with E-state index in [2.05, 4.69) is 5.43 Å². The van der Waals surface area contributed by atoms with Gasteiger partial charge in [0.1, 0.15) is 5.76 Å². The summed E-state index contributed by atoms with van der Waals surface area (Å²) in [5.41, 5.74) is 3.88. The molecule has 0 atom stereocenters. The first kappa shape index (κ1) is 17.2. The van der Waals surface area contributed by atoms with E-state index < -0.39 is 0 Å². The molecule has 2 aromatic rings. The van der Waals surface area contributed by atoms with Crippen LogP contribution in [0.3, 0.4) is 0 Å². The van der Waals surface area contributed by atoms with Crippen LogP contribution in [0.2, 0.25) is 0 Å². The molecule has 0 saturated carbocycles. The molecule has 0 bridgehead atoms. The van der Waals surface area contributed by atoms with E-state index in [1.165, 1.54) is 0 Å². The zero-order valence-corrected chi connectivity index (χ0v) is 16.2. The molecule has 1 aromatic heterocycles. The monoisotopic (exact) mass is 470 g/mol. The van der Waals surface area contributed by atoms with Crippen molar-refractivity contribution in [2.75, 3.05) is 0 Å². The first-order valence-corrected chi connectivity index (χ1v) is 9.16. The first-order valence-electron chi connectivity index (χ1n) is 6.85. The van der Waals surface area contributed by atoms with Crippen LogP contribution in [0.1, 0.15) is 21.7 Å². The van der Waals surface area contributed by atoms with Crippen molar-refractivity contribution in [1.29, 1.82) is 0 Å². The second-order valence-corrected chi connectivity index (χ2v) is 7.65. The Hall–Kier alpha value is -1.65. The molecule has 3 rings (SSSR count). The highest BCUT2D eigenvalue weighted by Crippen LogP contribution is 2.31. The summed E-state index contributed by atoms with van der Waals surface area (Å²) in [7, 11) is 0. The van der Waals surface area contributed by atoms with Crippen molar-refractivity contribution in [2.24, 2.45) is 0 Å². The summed E-state index contributed by atoms with van der Waals surface area (Å²) in [6.07, 6.45) is 1.61. The van der Waals surface area contributed by atoms with E-state index in [4.69, 9.17) is 16.6 Å². The van der Waals surface area contributed by atoms with Crippen LogP contribution in [0.4, 0.5) is 0 Å². The molecule has 0 spiro atoms. The van der Waals surface area contributed by atoms with Gasteiger partial charge in [-0.15, -0.1) is 0 Å². The fourth-order valence-electron chi connectivity index (χ4n) is 2.09. The second kappa shape index (κ2) is 7.08. The van der Waals surface area contributed by atoms with Gasteiger partial charge in [0.25, 0.3) is 11.8 Å². The van der Waals surface area contributed by atoms with Crippen LogP contribution in [-0.4, -0.2) is 21.1 Å². The van der Waals surface area contributed by atoms with Gasteiger partial charge in [0.2, 0.25) is 0 Å². The average molecular weight is 470 g/mol. The van der Waals surface area contributed by atoms with Gasteiger partial charge < -0.3 is 4.42 Å². The number of amides is 2. The van der Waals surface area contributed by atoms with Gasteiger partial charge in [0.05, 0.1) is 4.91 Å². The highest BCUT2D eigenvalue weighted by atomic mass is 127. The molecule has 5 nitrogen and oxygen atoms in total. The number of carbonyl (C=O) groups excluding carboxylic acids is 2. The van der Waals surface area contributed by atoms with Crippen LogP contribution in [-0.2, 0) is 4.79 Å². The van der Waals surface area contributed by atoms with Gasteiger partial charge in [0, 0.05) is 11.6 Å². The van der Waals surface area contributed by atoms with E-state index in [1.54, 1.807) is 30.3 Å². The number of hydrogen-bond donors (Lipinski definition) is 1. The third-order valence-electron chi connectivity index (χ3n) is 3.26. The van der Waals surface area contributed by atoms with Gasteiger partial charge >= 0.3 is 0 Å². The second-order valence-electron chi connectivity index (χ2n) is 4.91. The Morgan fingerprint density at radius 3 is 2.75 bits per heavy atom. The quantitative estimate of drug-likeness (QED) is 0.421. The van der Waals surface area contributed by atoms with E-state index in [1.807, 2.05) is 41.6 Å². The topological polar surface area (TPSA) is 62.6 Å². The van der Waals surface area contributed by atoms with Gasteiger partial charge in [-0.05, 0) is 65.5 Å². The summed E-state index contributed by atoms with van der Waals surface area (Å²) in [5, 5.41) is 1.09. The van der Waals surface area contributed by atoms with Gasteiger partial charge in [0.15, 0.2) is 8.09 Å². The fourth-order valence-corrected chi connectivity index (χ4v) is 3.68. The van der Waals surface area contributed by atoms with Crippen LogP contribution in [0, 0.1) is 10.7 Å². The van der Waals surface area contributed by atoms with E-state index >= 15 is 0 Å². The Bertz CT molecular complexity index is 876. The Kier molecular flexibility index (Phi) is 5.07. The maximum absolute atomic E-state index is 12.5. The smallest absolute Gasteiger partial charge is 0.285 e. The lowest BCUT2D eigenvalue weighted by Crippen LogP contribution is -2.45. The molecule has 8 heteroatoms. The minimum Gasteiger partial charge on any atom is -0.451 e. The van der Waals surface area contributed by atoms with Gasteiger partial charge in [-0.25, -0.2) is 0 Å². The third kappa shape index (κ3) is 3.55. The molecule has 24 heavy (non-hydrogen) atoms. The Labute approximate surface area is 161 Å². The number of nitrogens with one attached hydrogen (secondary N) is 1. The van der Waals surface area contributed by atoms with Gasteiger partial charge in [-0.2, -0.15) is 5.01 Å². The minimum absolute atomic E-state index is 0.273. The lowest BCUT2D eigenvalue weighted by molar-refractivity contribution is -0.123. The van der Waals surface area contributed by atoms with Crippen LogP contribution >= 0.6 is 46.6 Å². The van der Waals surface area contributed by atoms with E-state index in [9.17, 15) is 9.59 Å². The molecule has 1 fully saturated rings. The van der Waals surface area contributed by atoms with Crippen molar-refractivity contribution < 1.29 is 14.0 Å². The molecule has 2 heterocycles.